The van der Waals surface area contributed by atoms with E-state index < -0.39 is 0 Å². The normalized spacial score (nSPS) is 28.4. The van der Waals surface area contributed by atoms with Crippen molar-refractivity contribution < 1.29 is 4.52 Å². The molecule has 2 heterocycles. The van der Waals surface area contributed by atoms with Gasteiger partial charge in [-0.1, -0.05) is 5.16 Å². The lowest BCUT2D eigenvalue weighted by Gasteiger charge is -2.18. The summed E-state index contributed by atoms with van der Waals surface area (Å²) in [6, 6.07) is 0.565. The van der Waals surface area contributed by atoms with Crippen LogP contribution >= 0.6 is 0 Å². The summed E-state index contributed by atoms with van der Waals surface area (Å²) >= 11 is 0. The SMILES string of the molecule is CC1CC(CN)CN1Cc1ncno1. The van der Waals surface area contributed by atoms with Crippen molar-refractivity contribution in [3.63, 3.8) is 0 Å². The molecule has 1 aliphatic rings. The molecule has 2 N–H and O–H groups in total. The quantitative estimate of drug-likeness (QED) is 0.750. The number of nitrogens with zero attached hydrogens (tertiary/aromatic N) is 3. The average Bonchev–Trinajstić information content (AvgIpc) is 2.78. The van der Waals surface area contributed by atoms with Crippen molar-refractivity contribution in [2.75, 3.05) is 13.1 Å². The van der Waals surface area contributed by atoms with Gasteiger partial charge < -0.3 is 10.3 Å². The van der Waals surface area contributed by atoms with Crippen LogP contribution in [0.5, 0.6) is 0 Å². The van der Waals surface area contributed by atoms with Crippen molar-refractivity contribution in [1.82, 2.24) is 15.0 Å². The number of hydrogen-bond acceptors (Lipinski definition) is 5. The Bertz CT molecular complexity index is 274. The Labute approximate surface area is 83.3 Å². The van der Waals surface area contributed by atoms with Gasteiger partial charge in [-0.2, -0.15) is 4.98 Å². The van der Waals surface area contributed by atoms with Crippen LogP contribution < -0.4 is 5.73 Å². The van der Waals surface area contributed by atoms with E-state index in [-0.39, 0.29) is 0 Å². The van der Waals surface area contributed by atoms with Crippen molar-refractivity contribution in [2.24, 2.45) is 11.7 Å². The second kappa shape index (κ2) is 4.06. The van der Waals surface area contributed by atoms with E-state index in [1.807, 2.05) is 0 Å². The maximum atomic E-state index is 5.65. The molecule has 0 amide bonds. The van der Waals surface area contributed by atoms with Crippen LogP contribution in [-0.4, -0.2) is 34.2 Å². The first-order chi connectivity index (χ1) is 6.79. The minimum Gasteiger partial charge on any atom is -0.338 e. The van der Waals surface area contributed by atoms with E-state index in [4.69, 9.17) is 10.3 Å². The molecule has 0 aromatic carbocycles. The average molecular weight is 196 g/mol. The third-order valence-corrected chi connectivity index (χ3v) is 2.87. The van der Waals surface area contributed by atoms with Crippen LogP contribution in [0.2, 0.25) is 0 Å². The van der Waals surface area contributed by atoms with E-state index in [1.165, 1.54) is 12.7 Å². The van der Waals surface area contributed by atoms with Crippen molar-refractivity contribution in [2.45, 2.75) is 25.9 Å². The molecule has 0 aliphatic carbocycles. The van der Waals surface area contributed by atoms with Gasteiger partial charge in [0.15, 0.2) is 6.33 Å². The van der Waals surface area contributed by atoms with Crippen molar-refractivity contribution in [1.29, 1.82) is 0 Å². The molecule has 14 heavy (non-hydrogen) atoms. The first kappa shape index (κ1) is 9.61. The molecule has 1 aromatic heterocycles. The lowest BCUT2D eigenvalue weighted by molar-refractivity contribution is 0.218. The fraction of sp³-hybridized carbons (Fsp3) is 0.778. The lowest BCUT2D eigenvalue weighted by Crippen LogP contribution is -2.27. The van der Waals surface area contributed by atoms with Gasteiger partial charge in [-0.25, -0.2) is 0 Å². The van der Waals surface area contributed by atoms with E-state index in [2.05, 4.69) is 22.0 Å². The fourth-order valence-corrected chi connectivity index (χ4v) is 2.05. The predicted octanol–water partition coefficient (Wildman–Crippen LogP) is 0.239. The zero-order chi connectivity index (χ0) is 9.97. The van der Waals surface area contributed by atoms with Gasteiger partial charge in [-0.05, 0) is 25.8 Å². The highest BCUT2D eigenvalue weighted by atomic mass is 16.5. The van der Waals surface area contributed by atoms with Gasteiger partial charge in [0.1, 0.15) is 0 Å². The number of aromatic nitrogens is 2. The molecule has 0 radical (unpaired) electrons. The molecule has 1 aliphatic heterocycles. The molecular formula is C9H16N4O. The summed E-state index contributed by atoms with van der Waals surface area (Å²) in [7, 11) is 0. The number of likely N-dealkylation sites (tertiary alicyclic amines) is 1. The third-order valence-electron chi connectivity index (χ3n) is 2.87. The van der Waals surface area contributed by atoms with E-state index in [1.54, 1.807) is 0 Å². The molecule has 0 saturated carbocycles. The van der Waals surface area contributed by atoms with E-state index in [0.29, 0.717) is 17.9 Å². The van der Waals surface area contributed by atoms with Crippen LogP contribution in [0.15, 0.2) is 10.9 Å². The molecule has 5 heteroatoms. The maximum Gasteiger partial charge on any atom is 0.240 e. The predicted molar refractivity (Wildman–Crippen MR) is 51.3 cm³/mol. The molecular weight excluding hydrogens is 180 g/mol. The number of nitrogens with two attached hydrogens (primary N) is 1. The molecule has 2 atom stereocenters. The van der Waals surface area contributed by atoms with Gasteiger partial charge in [0.25, 0.3) is 0 Å². The van der Waals surface area contributed by atoms with Crippen LogP contribution in [0.25, 0.3) is 0 Å². The Kier molecular flexibility index (Phi) is 2.79. The Balaban J connectivity index is 1.93. The van der Waals surface area contributed by atoms with Crippen molar-refractivity contribution >= 4 is 0 Å². The van der Waals surface area contributed by atoms with Gasteiger partial charge in [0.2, 0.25) is 5.89 Å². The molecule has 1 fully saturated rings. The van der Waals surface area contributed by atoms with Crippen LogP contribution in [0.1, 0.15) is 19.2 Å². The van der Waals surface area contributed by atoms with Crippen molar-refractivity contribution in [3.8, 4) is 0 Å². The van der Waals surface area contributed by atoms with E-state index in [9.17, 15) is 0 Å². The second-order valence-electron chi connectivity index (χ2n) is 3.95. The number of hydrogen-bond donors (Lipinski definition) is 1. The van der Waals surface area contributed by atoms with Gasteiger partial charge in [0.05, 0.1) is 6.54 Å². The molecule has 5 nitrogen and oxygen atoms in total. The van der Waals surface area contributed by atoms with Crippen LogP contribution in [0.3, 0.4) is 0 Å². The summed E-state index contributed by atoms with van der Waals surface area (Å²) in [5.41, 5.74) is 5.65. The minimum absolute atomic E-state index is 0.565. The Morgan fingerprint density at radius 3 is 3.14 bits per heavy atom. The van der Waals surface area contributed by atoms with Crippen LogP contribution in [0, 0.1) is 5.92 Å². The molecule has 0 bridgehead atoms. The highest BCUT2D eigenvalue weighted by Gasteiger charge is 2.28. The maximum absolute atomic E-state index is 5.65. The molecule has 2 rings (SSSR count). The van der Waals surface area contributed by atoms with Crippen LogP contribution in [-0.2, 0) is 6.54 Å². The smallest absolute Gasteiger partial charge is 0.240 e. The van der Waals surface area contributed by atoms with Crippen LogP contribution in [0.4, 0.5) is 0 Å². The topological polar surface area (TPSA) is 68.2 Å². The number of rotatable bonds is 3. The summed E-state index contributed by atoms with van der Waals surface area (Å²) in [4.78, 5) is 6.35. The van der Waals surface area contributed by atoms with Gasteiger partial charge in [0, 0.05) is 12.6 Å². The van der Waals surface area contributed by atoms with Gasteiger partial charge in [-0.15, -0.1) is 0 Å². The second-order valence-corrected chi connectivity index (χ2v) is 3.95. The fourth-order valence-electron chi connectivity index (χ4n) is 2.05. The summed E-state index contributed by atoms with van der Waals surface area (Å²) in [5.74, 6) is 1.31. The summed E-state index contributed by atoms with van der Waals surface area (Å²) in [6.45, 7) is 4.77. The highest BCUT2D eigenvalue weighted by molar-refractivity contribution is 4.86. The van der Waals surface area contributed by atoms with Gasteiger partial charge in [-0.3, -0.25) is 4.90 Å². The minimum atomic E-state index is 0.565. The third kappa shape index (κ3) is 1.93. The standard InChI is InChI=1S/C9H16N4O/c1-7-2-8(3-10)4-13(7)5-9-11-6-12-14-9/h6-8H,2-5,10H2,1H3. The summed E-state index contributed by atoms with van der Waals surface area (Å²) < 4.78 is 4.98. The zero-order valence-corrected chi connectivity index (χ0v) is 8.39. The molecule has 2 unspecified atom stereocenters. The van der Waals surface area contributed by atoms with E-state index in [0.717, 1.165) is 19.6 Å². The lowest BCUT2D eigenvalue weighted by atomic mass is 10.1. The molecule has 78 valence electrons. The first-order valence-electron chi connectivity index (χ1n) is 4.99. The Morgan fingerprint density at radius 1 is 1.71 bits per heavy atom. The molecule has 1 aromatic rings. The van der Waals surface area contributed by atoms with Gasteiger partial charge >= 0.3 is 0 Å². The van der Waals surface area contributed by atoms with Crippen molar-refractivity contribution in [3.05, 3.63) is 12.2 Å². The van der Waals surface area contributed by atoms with E-state index >= 15 is 0 Å². The summed E-state index contributed by atoms with van der Waals surface area (Å²) in [5, 5.41) is 3.59. The largest absolute Gasteiger partial charge is 0.338 e. The first-order valence-corrected chi connectivity index (χ1v) is 4.99. The molecule has 0 spiro atoms. The highest BCUT2D eigenvalue weighted by Crippen LogP contribution is 2.23. The Morgan fingerprint density at radius 2 is 2.57 bits per heavy atom. The zero-order valence-electron chi connectivity index (χ0n) is 8.39. The monoisotopic (exact) mass is 196 g/mol. The Hall–Kier alpha value is -0.940. The summed E-state index contributed by atoms with van der Waals surface area (Å²) in [6.07, 6.45) is 2.61. The molecule has 1 saturated heterocycles.